The van der Waals surface area contributed by atoms with E-state index in [1.165, 1.54) is 16.5 Å². The van der Waals surface area contributed by atoms with Crippen LogP contribution in [-0.2, 0) is 0 Å². The predicted octanol–water partition coefficient (Wildman–Crippen LogP) is 5.38. The van der Waals surface area contributed by atoms with Crippen molar-refractivity contribution < 1.29 is 4.79 Å². The Hall–Kier alpha value is -3.04. The first-order valence-electron chi connectivity index (χ1n) is 8.87. The molecule has 0 saturated carbocycles. The van der Waals surface area contributed by atoms with Crippen molar-refractivity contribution in [2.24, 2.45) is 0 Å². The molecule has 3 nitrogen and oxygen atoms in total. The number of carbonyl (C=O) groups excluding carboxylic acids is 1. The molecule has 4 rings (SSSR count). The van der Waals surface area contributed by atoms with E-state index in [2.05, 4.69) is 34.6 Å². The topological polar surface area (TPSA) is 44.9 Å². The number of carbonyl (C=O) groups is 1. The second-order valence-electron chi connectivity index (χ2n) is 6.47. The summed E-state index contributed by atoms with van der Waals surface area (Å²) < 4.78 is 0. The van der Waals surface area contributed by atoms with Gasteiger partial charge >= 0.3 is 0 Å². The number of amides is 1. The highest BCUT2D eigenvalue weighted by Gasteiger charge is 2.19. The van der Waals surface area contributed by atoms with Crippen LogP contribution in [-0.4, -0.2) is 17.4 Å². The van der Waals surface area contributed by atoms with Gasteiger partial charge in [-0.05, 0) is 41.5 Å². The lowest BCUT2D eigenvalue weighted by Gasteiger charge is -2.18. The summed E-state index contributed by atoms with van der Waals surface area (Å²) in [5.41, 5.74) is 4.04. The standard InChI is InChI=1S/C23H19ClN2O/c24-18-12-10-17(11-13-18)23(27)26-14-20(16-6-2-1-3-7-16)21-15-25-22-9-5-4-8-19(21)22/h1-13,15,20,25H,14H2,(H,26,27)/t20-/m0/s1. The Kier molecular flexibility index (Phi) is 4.95. The monoisotopic (exact) mass is 374 g/mol. The fourth-order valence-electron chi connectivity index (χ4n) is 3.37. The average molecular weight is 375 g/mol. The summed E-state index contributed by atoms with van der Waals surface area (Å²) in [6.07, 6.45) is 2.04. The Labute approximate surface area is 163 Å². The molecule has 1 aromatic heterocycles. The third-order valence-electron chi connectivity index (χ3n) is 4.77. The van der Waals surface area contributed by atoms with Crippen molar-refractivity contribution >= 4 is 28.4 Å². The first kappa shape index (κ1) is 17.4. The summed E-state index contributed by atoms with van der Waals surface area (Å²) in [6.45, 7) is 0.507. The molecule has 0 aliphatic rings. The zero-order chi connectivity index (χ0) is 18.6. The van der Waals surface area contributed by atoms with Gasteiger partial charge in [0.1, 0.15) is 0 Å². The molecule has 1 atom stereocenters. The molecule has 0 saturated heterocycles. The number of aromatic amines is 1. The van der Waals surface area contributed by atoms with E-state index in [1.54, 1.807) is 24.3 Å². The van der Waals surface area contributed by atoms with Crippen LogP contribution in [0.2, 0.25) is 5.02 Å². The van der Waals surface area contributed by atoms with E-state index >= 15 is 0 Å². The number of fused-ring (bicyclic) bond motifs is 1. The van der Waals surface area contributed by atoms with Crippen molar-refractivity contribution in [2.75, 3.05) is 6.54 Å². The fourth-order valence-corrected chi connectivity index (χ4v) is 3.50. The Morgan fingerprint density at radius 3 is 2.41 bits per heavy atom. The third kappa shape index (κ3) is 3.74. The molecule has 1 heterocycles. The van der Waals surface area contributed by atoms with E-state index in [9.17, 15) is 4.79 Å². The van der Waals surface area contributed by atoms with Crippen LogP contribution in [0.5, 0.6) is 0 Å². The van der Waals surface area contributed by atoms with E-state index in [1.807, 2.05) is 36.5 Å². The van der Waals surface area contributed by atoms with Crippen LogP contribution < -0.4 is 5.32 Å². The van der Waals surface area contributed by atoms with Crippen LogP contribution >= 0.6 is 11.6 Å². The number of rotatable bonds is 5. The van der Waals surface area contributed by atoms with Crippen LogP contribution in [0.3, 0.4) is 0 Å². The minimum atomic E-state index is -0.104. The first-order chi connectivity index (χ1) is 13.2. The number of nitrogens with one attached hydrogen (secondary N) is 2. The van der Waals surface area contributed by atoms with Gasteiger partial charge in [-0.2, -0.15) is 0 Å². The van der Waals surface area contributed by atoms with Crippen molar-refractivity contribution in [3.8, 4) is 0 Å². The van der Waals surface area contributed by atoms with Gasteiger partial charge in [0.15, 0.2) is 0 Å². The van der Waals surface area contributed by atoms with Crippen LogP contribution in [0.1, 0.15) is 27.4 Å². The number of H-pyrrole nitrogens is 1. The van der Waals surface area contributed by atoms with E-state index < -0.39 is 0 Å². The molecule has 0 fully saturated rings. The zero-order valence-corrected chi connectivity index (χ0v) is 15.4. The lowest BCUT2D eigenvalue weighted by atomic mass is 9.91. The molecule has 4 aromatic rings. The molecule has 3 aromatic carbocycles. The quantitative estimate of drug-likeness (QED) is 0.483. The van der Waals surface area contributed by atoms with E-state index in [0.29, 0.717) is 17.1 Å². The summed E-state index contributed by atoms with van der Waals surface area (Å²) in [5, 5.41) is 4.87. The summed E-state index contributed by atoms with van der Waals surface area (Å²) in [7, 11) is 0. The lowest BCUT2D eigenvalue weighted by molar-refractivity contribution is 0.0952. The molecule has 1 amide bonds. The number of aromatic nitrogens is 1. The molecule has 4 heteroatoms. The molecule has 0 unspecified atom stereocenters. The minimum Gasteiger partial charge on any atom is -0.361 e. The molecule has 0 aliphatic carbocycles. The highest BCUT2D eigenvalue weighted by atomic mass is 35.5. The Morgan fingerprint density at radius 1 is 0.926 bits per heavy atom. The summed E-state index contributed by atoms with van der Waals surface area (Å²) in [6, 6.07) is 25.4. The maximum absolute atomic E-state index is 12.6. The lowest BCUT2D eigenvalue weighted by Crippen LogP contribution is -2.28. The molecular formula is C23H19ClN2O. The molecule has 0 radical (unpaired) electrons. The SMILES string of the molecule is O=C(NC[C@@H](c1ccccc1)c1c[nH]c2ccccc12)c1ccc(Cl)cc1. The molecule has 0 aliphatic heterocycles. The van der Waals surface area contributed by atoms with Gasteiger partial charge in [0.05, 0.1) is 0 Å². The smallest absolute Gasteiger partial charge is 0.251 e. The van der Waals surface area contributed by atoms with Crippen LogP contribution in [0, 0.1) is 0 Å². The van der Waals surface area contributed by atoms with Gasteiger partial charge in [-0.25, -0.2) is 0 Å². The van der Waals surface area contributed by atoms with E-state index in [-0.39, 0.29) is 11.8 Å². The molecular weight excluding hydrogens is 356 g/mol. The van der Waals surface area contributed by atoms with Gasteiger partial charge in [-0.3, -0.25) is 4.79 Å². The van der Waals surface area contributed by atoms with Crippen molar-refractivity contribution in [1.82, 2.24) is 10.3 Å². The first-order valence-corrected chi connectivity index (χ1v) is 9.25. The predicted molar refractivity (Wildman–Crippen MR) is 110 cm³/mol. The summed E-state index contributed by atoms with van der Waals surface area (Å²) in [4.78, 5) is 15.9. The number of hydrogen-bond acceptors (Lipinski definition) is 1. The largest absolute Gasteiger partial charge is 0.361 e. The van der Waals surface area contributed by atoms with Crippen molar-refractivity contribution in [3.63, 3.8) is 0 Å². The normalized spacial score (nSPS) is 12.0. The highest BCUT2D eigenvalue weighted by Crippen LogP contribution is 2.30. The van der Waals surface area contributed by atoms with Gasteiger partial charge < -0.3 is 10.3 Å². The summed E-state index contributed by atoms with van der Waals surface area (Å²) in [5.74, 6) is -0.0500. The number of para-hydroxylation sites is 1. The van der Waals surface area contributed by atoms with Gasteiger partial charge in [-0.15, -0.1) is 0 Å². The summed E-state index contributed by atoms with van der Waals surface area (Å²) >= 11 is 5.91. The number of benzene rings is 3. The molecule has 27 heavy (non-hydrogen) atoms. The minimum absolute atomic E-state index is 0.0543. The van der Waals surface area contributed by atoms with Crippen LogP contribution in [0.25, 0.3) is 10.9 Å². The van der Waals surface area contributed by atoms with Gasteiger partial charge in [0.2, 0.25) is 0 Å². The maximum atomic E-state index is 12.6. The fraction of sp³-hybridized carbons (Fsp3) is 0.0870. The molecule has 2 N–H and O–H groups in total. The Bertz CT molecular complexity index is 1050. The average Bonchev–Trinajstić information content (AvgIpc) is 3.13. The molecule has 0 spiro atoms. The van der Waals surface area contributed by atoms with E-state index in [0.717, 1.165) is 5.52 Å². The molecule has 134 valence electrons. The number of hydrogen-bond donors (Lipinski definition) is 2. The highest BCUT2D eigenvalue weighted by molar-refractivity contribution is 6.30. The van der Waals surface area contributed by atoms with Gasteiger partial charge in [-0.1, -0.05) is 60.1 Å². The van der Waals surface area contributed by atoms with Crippen LogP contribution in [0.4, 0.5) is 0 Å². The van der Waals surface area contributed by atoms with Crippen LogP contribution in [0.15, 0.2) is 85.1 Å². The zero-order valence-electron chi connectivity index (χ0n) is 14.7. The van der Waals surface area contributed by atoms with Crippen molar-refractivity contribution in [1.29, 1.82) is 0 Å². The number of halogens is 1. The molecule has 0 bridgehead atoms. The van der Waals surface area contributed by atoms with Crippen molar-refractivity contribution in [3.05, 3.63) is 107 Å². The second kappa shape index (κ2) is 7.68. The van der Waals surface area contributed by atoms with Gasteiger partial charge in [0.25, 0.3) is 5.91 Å². The third-order valence-corrected chi connectivity index (χ3v) is 5.02. The van der Waals surface area contributed by atoms with E-state index in [4.69, 9.17) is 11.6 Å². The Morgan fingerprint density at radius 2 is 1.63 bits per heavy atom. The second-order valence-corrected chi connectivity index (χ2v) is 6.91. The maximum Gasteiger partial charge on any atom is 0.251 e. The van der Waals surface area contributed by atoms with Crippen molar-refractivity contribution in [2.45, 2.75) is 5.92 Å². The van der Waals surface area contributed by atoms with Gasteiger partial charge in [0, 0.05) is 40.1 Å². The Balaban J connectivity index is 1.63.